The normalized spacial score (nSPS) is 17.8. The Morgan fingerprint density at radius 3 is 2.70 bits per heavy atom. The molecule has 3 atom stereocenters. The molecular weight excluding hydrogens is 470 g/mol. The van der Waals surface area contributed by atoms with E-state index in [1.165, 1.54) is 0 Å². The molecule has 2 aromatic heterocycles. The van der Waals surface area contributed by atoms with Crippen LogP contribution in [0.5, 0.6) is 0 Å². The number of aliphatic hydroxyl groups excluding tert-OH is 1. The molecule has 0 spiro atoms. The number of aromatic nitrogens is 3. The standard InChI is InChI=1S/C29H39N3O5/c1-18(2)37-29(35)24(20(4)33)10-8-21-9-11-26-25(14-21)30-27(23-13-19(3)28(34)31(5)16-23)32(26)15-22-7-6-12-36-17-22/h9,11,13-14,16,18,20,22,24,33H,6-8,10,12,15,17H2,1-5H3/t20-,22?,24+/m0/s1. The van der Waals surface area contributed by atoms with Gasteiger partial charge in [0.2, 0.25) is 0 Å². The van der Waals surface area contributed by atoms with Gasteiger partial charge in [-0.1, -0.05) is 6.07 Å². The fourth-order valence-corrected chi connectivity index (χ4v) is 5.14. The Balaban J connectivity index is 1.67. The molecule has 8 heteroatoms. The van der Waals surface area contributed by atoms with Crippen LogP contribution in [0.15, 0.2) is 35.3 Å². The van der Waals surface area contributed by atoms with Crippen molar-refractivity contribution in [2.45, 2.75) is 72.1 Å². The summed E-state index contributed by atoms with van der Waals surface area (Å²) in [4.78, 5) is 29.8. The van der Waals surface area contributed by atoms with Crippen molar-refractivity contribution in [2.24, 2.45) is 18.9 Å². The number of carbonyl (C=O) groups excluding carboxylic acids is 1. The van der Waals surface area contributed by atoms with E-state index in [-0.39, 0.29) is 17.6 Å². The fourth-order valence-electron chi connectivity index (χ4n) is 5.14. The molecule has 1 saturated heterocycles. The maximum Gasteiger partial charge on any atom is 0.311 e. The molecule has 0 bridgehead atoms. The van der Waals surface area contributed by atoms with Crippen LogP contribution >= 0.6 is 0 Å². The van der Waals surface area contributed by atoms with Gasteiger partial charge in [-0.2, -0.15) is 0 Å². The fraction of sp³-hybridized carbons (Fsp3) is 0.552. The molecule has 1 aromatic carbocycles. The Kier molecular flexibility index (Phi) is 8.49. The molecule has 4 rings (SSSR count). The van der Waals surface area contributed by atoms with E-state index in [4.69, 9.17) is 14.5 Å². The highest BCUT2D eigenvalue weighted by Crippen LogP contribution is 2.29. The maximum absolute atomic E-state index is 12.5. The third-order valence-corrected chi connectivity index (χ3v) is 7.11. The maximum atomic E-state index is 12.5. The van der Waals surface area contributed by atoms with Crippen molar-refractivity contribution >= 4 is 17.0 Å². The molecule has 1 aliphatic rings. The Morgan fingerprint density at radius 2 is 2.05 bits per heavy atom. The van der Waals surface area contributed by atoms with Crippen LogP contribution in [0.3, 0.4) is 0 Å². The van der Waals surface area contributed by atoms with Crippen LogP contribution < -0.4 is 5.56 Å². The van der Waals surface area contributed by atoms with E-state index in [0.29, 0.717) is 24.3 Å². The summed E-state index contributed by atoms with van der Waals surface area (Å²) in [5.41, 5.74) is 4.51. The van der Waals surface area contributed by atoms with Gasteiger partial charge in [0.1, 0.15) is 5.82 Å². The van der Waals surface area contributed by atoms with Crippen molar-refractivity contribution in [1.29, 1.82) is 0 Å². The van der Waals surface area contributed by atoms with Gasteiger partial charge in [-0.05, 0) is 77.1 Å². The highest BCUT2D eigenvalue weighted by Gasteiger charge is 2.26. The second kappa shape index (κ2) is 11.6. The summed E-state index contributed by atoms with van der Waals surface area (Å²) in [5, 5.41) is 10.2. The van der Waals surface area contributed by atoms with Crippen LogP contribution in [-0.2, 0) is 34.3 Å². The first-order valence-electron chi connectivity index (χ1n) is 13.3. The lowest BCUT2D eigenvalue weighted by Crippen LogP contribution is -2.30. The molecule has 1 fully saturated rings. The second-order valence-electron chi connectivity index (χ2n) is 10.7. The van der Waals surface area contributed by atoms with E-state index in [1.807, 2.05) is 33.0 Å². The summed E-state index contributed by atoms with van der Waals surface area (Å²) < 4.78 is 14.9. The number of imidazole rings is 1. The average Bonchev–Trinajstić information content (AvgIpc) is 3.19. The minimum Gasteiger partial charge on any atom is -0.463 e. The van der Waals surface area contributed by atoms with Gasteiger partial charge < -0.3 is 23.7 Å². The van der Waals surface area contributed by atoms with Crippen LogP contribution in [0.25, 0.3) is 22.4 Å². The van der Waals surface area contributed by atoms with Gasteiger partial charge in [0.15, 0.2) is 0 Å². The first kappa shape index (κ1) is 27.1. The summed E-state index contributed by atoms with van der Waals surface area (Å²) in [6, 6.07) is 8.13. The third-order valence-electron chi connectivity index (χ3n) is 7.11. The highest BCUT2D eigenvalue weighted by molar-refractivity contribution is 5.81. The van der Waals surface area contributed by atoms with E-state index in [1.54, 1.807) is 18.5 Å². The van der Waals surface area contributed by atoms with Crippen molar-refractivity contribution in [3.63, 3.8) is 0 Å². The van der Waals surface area contributed by atoms with Crippen molar-refractivity contribution in [1.82, 2.24) is 14.1 Å². The minimum absolute atomic E-state index is 0.0157. The van der Waals surface area contributed by atoms with Gasteiger partial charge in [-0.15, -0.1) is 0 Å². The van der Waals surface area contributed by atoms with E-state index in [0.717, 1.165) is 60.6 Å². The van der Waals surface area contributed by atoms with Crippen molar-refractivity contribution in [3.05, 3.63) is 51.9 Å². The summed E-state index contributed by atoms with van der Waals surface area (Å²) >= 11 is 0. The smallest absolute Gasteiger partial charge is 0.311 e. The average molecular weight is 510 g/mol. The molecule has 0 radical (unpaired) electrons. The number of carbonyl (C=O) groups is 1. The molecule has 0 aliphatic carbocycles. The number of fused-ring (bicyclic) bond motifs is 1. The van der Waals surface area contributed by atoms with Gasteiger partial charge in [0, 0.05) is 43.4 Å². The lowest BCUT2D eigenvalue weighted by Gasteiger charge is -2.23. The number of benzene rings is 1. The van der Waals surface area contributed by atoms with Gasteiger partial charge >= 0.3 is 5.97 Å². The Bertz CT molecular complexity index is 1270. The molecular formula is C29H39N3O5. The number of rotatable bonds is 9. The monoisotopic (exact) mass is 509 g/mol. The molecule has 1 N–H and O–H groups in total. The molecule has 3 heterocycles. The third kappa shape index (κ3) is 6.30. The number of hydrogen-bond donors (Lipinski definition) is 1. The summed E-state index contributed by atoms with van der Waals surface area (Å²) in [6.45, 7) is 9.42. The van der Waals surface area contributed by atoms with Gasteiger partial charge in [-0.3, -0.25) is 9.59 Å². The van der Waals surface area contributed by atoms with Gasteiger partial charge in [0.25, 0.3) is 5.56 Å². The highest BCUT2D eigenvalue weighted by atomic mass is 16.5. The van der Waals surface area contributed by atoms with Crippen LogP contribution in [0.2, 0.25) is 0 Å². The minimum atomic E-state index is -0.786. The molecule has 1 unspecified atom stereocenters. The van der Waals surface area contributed by atoms with Crippen LogP contribution in [0.4, 0.5) is 0 Å². The summed E-state index contributed by atoms with van der Waals surface area (Å²) in [7, 11) is 1.77. The molecule has 1 aliphatic heterocycles. The lowest BCUT2D eigenvalue weighted by atomic mass is 9.95. The van der Waals surface area contributed by atoms with Crippen LogP contribution in [0.1, 0.15) is 51.2 Å². The van der Waals surface area contributed by atoms with E-state index < -0.39 is 12.0 Å². The van der Waals surface area contributed by atoms with E-state index in [9.17, 15) is 14.7 Å². The summed E-state index contributed by atoms with van der Waals surface area (Å²) in [5.74, 6) is 0.291. The first-order chi connectivity index (χ1) is 17.6. The number of esters is 1. The van der Waals surface area contributed by atoms with E-state index in [2.05, 4.69) is 22.8 Å². The summed E-state index contributed by atoms with van der Waals surface area (Å²) in [6.07, 6.45) is 4.11. The zero-order valence-electron chi connectivity index (χ0n) is 22.6. The molecule has 3 aromatic rings. The second-order valence-corrected chi connectivity index (χ2v) is 10.7. The number of ether oxygens (including phenoxy) is 2. The lowest BCUT2D eigenvalue weighted by molar-refractivity contribution is -0.156. The number of pyridine rings is 1. The predicted octanol–water partition coefficient (Wildman–Crippen LogP) is 4.02. The first-order valence-corrected chi connectivity index (χ1v) is 13.3. The van der Waals surface area contributed by atoms with Crippen molar-refractivity contribution in [3.8, 4) is 11.4 Å². The Morgan fingerprint density at radius 1 is 1.27 bits per heavy atom. The van der Waals surface area contributed by atoms with Crippen molar-refractivity contribution in [2.75, 3.05) is 13.2 Å². The zero-order valence-corrected chi connectivity index (χ0v) is 22.6. The number of aryl methyl sites for hydroxylation is 3. The van der Waals surface area contributed by atoms with Crippen LogP contribution in [0, 0.1) is 18.8 Å². The number of aliphatic hydroxyl groups is 1. The number of nitrogens with zero attached hydrogens (tertiary/aromatic N) is 3. The molecule has 8 nitrogen and oxygen atoms in total. The van der Waals surface area contributed by atoms with Gasteiger partial charge in [-0.25, -0.2) is 4.98 Å². The largest absolute Gasteiger partial charge is 0.463 e. The predicted molar refractivity (Wildman–Crippen MR) is 143 cm³/mol. The molecule has 200 valence electrons. The van der Waals surface area contributed by atoms with Gasteiger partial charge in [0.05, 0.1) is 35.8 Å². The Hall–Kier alpha value is -2.97. The zero-order chi connectivity index (χ0) is 26.7. The quantitative estimate of drug-likeness (QED) is 0.438. The molecule has 37 heavy (non-hydrogen) atoms. The van der Waals surface area contributed by atoms with E-state index >= 15 is 0 Å². The van der Waals surface area contributed by atoms with Crippen LogP contribution in [-0.4, -0.2) is 50.6 Å². The SMILES string of the molecule is Cc1cc(-c2nc3cc(CC[C@@H](C(=O)OC(C)C)[C@H](C)O)ccc3n2CC2CCCOC2)cn(C)c1=O. The number of hydrogen-bond acceptors (Lipinski definition) is 6. The molecule has 0 saturated carbocycles. The topological polar surface area (TPSA) is 95.6 Å². The Labute approximate surface area is 218 Å². The molecule has 0 amide bonds. The van der Waals surface area contributed by atoms with Crippen molar-refractivity contribution < 1.29 is 19.4 Å².